The lowest BCUT2D eigenvalue weighted by Crippen LogP contribution is -3.00. The Morgan fingerprint density at radius 3 is 2.23 bits per heavy atom. The highest BCUT2D eigenvalue weighted by atomic mass is 79.9. The Kier molecular flexibility index (Phi) is 17.1. The third-order valence-corrected chi connectivity index (χ3v) is 7.75. The lowest BCUT2D eigenvalue weighted by atomic mass is 10.1. The fourth-order valence-corrected chi connectivity index (χ4v) is 5.46. The summed E-state index contributed by atoms with van der Waals surface area (Å²) in [6.07, 6.45) is 18.2. The monoisotopic (exact) mass is 634 g/mol. The predicted molar refractivity (Wildman–Crippen MR) is 160 cm³/mol. The Morgan fingerprint density at radius 1 is 0.923 bits per heavy atom. The van der Waals surface area contributed by atoms with Crippen LogP contribution in [0, 0.1) is 0 Å². The molecule has 1 aromatic heterocycles. The van der Waals surface area contributed by atoms with Crippen LogP contribution in [0.5, 0.6) is 5.75 Å². The van der Waals surface area contributed by atoms with Crippen molar-refractivity contribution in [2.45, 2.75) is 96.9 Å². The molecule has 1 amide bonds. The van der Waals surface area contributed by atoms with Gasteiger partial charge in [0.15, 0.2) is 12.7 Å². The van der Waals surface area contributed by atoms with Crippen LogP contribution in [0.2, 0.25) is 5.02 Å². The highest BCUT2D eigenvalue weighted by molar-refractivity contribution is 7.07. The smallest absolute Gasteiger partial charge is 0.228 e. The number of hydrogen-bond donors (Lipinski definition) is 1. The Bertz CT molecular complexity index is 1080. The van der Waals surface area contributed by atoms with Crippen LogP contribution in [0.1, 0.15) is 95.1 Å². The number of benzene rings is 2. The second kappa shape index (κ2) is 20.1. The number of thiazole rings is 1. The minimum Gasteiger partial charge on any atom is -1.00 e. The fourth-order valence-electron chi connectivity index (χ4n) is 4.60. The summed E-state index contributed by atoms with van der Waals surface area (Å²) < 4.78 is 8.02. The van der Waals surface area contributed by atoms with E-state index < -0.39 is 0 Å². The van der Waals surface area contributed by atoms with E-state index in [9.17, 15) is 4.79 Å². The average Bonchev–Trinajstić information content (AvgIpc) is 3.42. The molecule has 3 rings (SSSR count). The number of unbranched alkanes of at least 4 members (excludes halogenated alkanes) is 11. The summed E-state index contributed by atoms with van der Waals surface area (Å²) in [5, 5.41) is 5.66. The summed E-state index contributed by atoms with van der Waals surface area (Å²) in [5.74, 6) is 0.631. The van der Waals surface area contributed by atoms with Gasteiger partial charge in [-0.15, -0.1) is 0 Å². The zero-order valence-electron chi connectivity index (χ0n) is 23.3. The maximum Gasteiger partial charge on any atom is 0.228 e. The Labute approximate surface area is 254 Å². The number of nitrogens with zero attached hydrogens (tertiary/aromatic N) is 1. The topological polar surface area (TPSA) is 42.2 Å². The van der Waals surface area contributed by atoms with E-state index in [0.717, 1.165) is 29.8 Å². The highest BCUT2D eigenvalue weighted by Gasteiger charge is 2.12. The van der Waals surface area contributed by atoms with Crippen molar-refractivity contribution >= 4 is 34.5 Å². The van der Waals surface area contributed by atoms with E-state index in [1.54, 1.807) is 11.3 Å². The van der Waals surface area contributed by atoms with E-state index in [2.05, 4.69) is 22.3 Å². The minimum absolute atomic E-state index is 0. The molecule has 3 aromatic rings. The van der Waals surface area contributed by atoms with Crippen molar-refractivity contribution < 1.29 is 31.1 Å². The van der Waals surface area contributed by atoms with Gasteiger partial charge in [-0.3, -0.25) is 4.79 Å². The third-order valence-electron chi connectivity index (χ3n) is 6.79. The normalized spacial score (nSPS) is 10.7. The number of nitrogens with one attached hydrogen (secondary N) is 1. The molecule has 0 saturated carbocycles. The largest absolute Gasteiger partial charge is 1.00 e. The van der Waals surface area contributed by atoms with Crippen molar-refractivity contribution in [3.8, 4) is 5.75 Å². The first-order valence-corrected chi connectivity index (χ1v) is 15.7. The number of rotatable bonds is 19. The van der Waals surface area contributed by atoms with Gasteiger partial charge in [-0.1, -0.05) is 125 Å². The van der Waals surface area contributed by atoms with Crippen molar-refractivity contribution in [3.63, 3.8) is 0 Å². The number of aromatic nitrogens is 1. The van der Waals surface area contributed by atoms with Crippen molar-refractivity contribution in [1.29, 1.82) is 0 Å². The Balaban J connectivity index is 0.00000533. The number of halogens is 2. The molecule has 0 saturated heterocycles. The number of carbonyl (C=O) groups excluding carboxylic acids is 1. The van der Waals surface area contributed by atoms with Gasteiger partial charge in [-0.2, -0.15) is 4.57 Å². The molecule has 0 aliphatic heterocycles. The zero-order chi connectivity index (χ0) is 26.8. The van der Waals surface area contributed by atoms with Gasteiger partial charge < -0.3 is 27.0 Å². The van der Waals surface area contributed by atoms with E-state index in [0.29, 0.717) is 17.4 Å². The van der Waals surface area contributed by atoms with Gasteiger partial charge in [-0.05, 0) is 30.2 Å². The van der Waals surface area contributed by atoms with Crippen molar-refractivity contribution in [2.24, 2.45) is 0 Å². The summed E-state index contributed by atoms with van der Waals surface area (Å²) in [7, 11) is 0. The maximum atomic E-state index is 12.8. The van der Waals surface area contributed by atoms with Crippen molar-refractivity contribution in [1.82, 2.24) is 0 Å². The molecule has 0 atom stereocenters. The van der Waals surface area contributed by atoms with Gasteiger partial charge in [0, 0.05) is 5.56 Å². The Hall–Kier alpha value is -1.89. The molecule has 0 aliphatic carbocycles. The summed E-state index contributed by atoms with van der Waals surface area (Å²) in [6, 6.07) is 13.6. The molecule has 4 nitrogen and oxygen atoms in total. The molecule has 1 N–H and O–H groups in total. The molecule has 7 heteroatoms. The van der Waals surface area contributed by atoms with E-state index in [4.69, 9.17) is 16.3 Å². The van der Waals surface area contributed by atoms with Crippen LogP contribution < -0.4 is 31.6 Å². The van der Waals surface area contributed by atoms with Gasteiger partial charge in [0.25, 0.3) is 0 Å². The predicted octanol–water partition coefficient (Wildman–Crippen LogP) is 6.00. The van der Waals surface area contributed by atoms with Gasteiger partial charge in [0.1, 0.15) is 5.75 Å². The minimum atomic E-state index is -0.0611. The molecule has 39 heavy (non-hydrogen) atoms. The second-order valence-corrected chi connectivity index (χ2v) is 11.2. The SMILES string of the molecule is CCCCCCCCCCCCCCOc1ccc(CC(=O)Nc2ccccc2C[n+]2ccsc2)cc1Cl.[Br-]. The molecule has 2 aromatic carbocycles. The number of ether oxygens (including phenoxy) is 1. The van der Waals surface area contributed by atoms with Crippen LogP contribution in [0.4, 0.5) is 5.69 Å². The molecule has 0 bridgehead atoms. The molecular formula is C32H44BrClN2O2S. The summed E-state index contributed by atoms with van der Waals surface area (Å²) in [6.45, 7) is 3.67. The lowest BCUT2D eigenvalue weighted by Gasteiger charge is -2.11. The average molecular weight is 636 g/mol. The van der Waals surface area contributed by atoms with Crippen LogP contribution in [0.25, 0.3) is 0 Å². The van der Waals surface area contributed by atoms with Crippen LogP contribution in [0.3, 0.4) is 0 Å². The van der Waals surface area contributed by atoms with Crippen LogP contribution >= 0.6 is 22.9 Å². The van der Waals surface area contributed by atoms with E-state index >= 15 is 0 Å². The summed E-state index contributed by atoms with van der Waals surface area (Å²) in [5.41, 5.74) is 4.84. The first-order chi connectivity index (χ1) is 18.7. The maximum absolute atomic E-state index is 12.8. The quantitative estimate of drug-likeness (QED) is 0.130. The van der Waals surface area contributed by atoms with Crippen LogP contribution in [-0.2, 0) is 17.8 Å². The molecule has 214 valence electrons. The Morgan fingerprint density at radius 2 is 1.59 bits per heavy atom. The molecule has 0 spiro atoms. The van der Waals surface area contributed by atoms with Crippen LogP contribution in [0.15, 0.2) is 59.6 Å². The van der Waals surface area contributed by atoms with Gasteiger partial charge in [0.2, 0.25) is 11.4 Å². The number of amides is 1. The number of para-hydroxylation sites is 1. The van der Waals surface area contributed by atoms with E-state index in [-0.39, 0.29) is 29.3 Å². The number of hydrogen-bond acceptors (Lipinski definition) is 3. The first kappa shape index (κ1) is 33.3. The van der Waals surface area contributed by atoms with Gasteiger partial charge in [0.05, 0.1) is 29.1 Å². The first-order valence-electron chi connectivity index (χ1n) is 14.4. The number of anilines is 1. The van der Waals surface area contributed by atoms with Gasteiger partial charge >= 0.3 is 0 Å². The highest BCUT2D eigenvalue weighted by Crippen LogP contribution is 2.26. The standard InChI is InChI=1S/C32H43ClN2O2S.BrH/c1-2-3-4-5-6-7-8-9-10-11-12-15-21-37-31-19-18-27(23-29(31)33)24-32(36)34-30-17-14-13-16-28(30)25-35-20-22-38-26-35;/h13-14,16-20,22-23,26H,2-12,15,21,24-25H2,1H3;1H. The molecule has 0 aliphatic rings. The molecule has 0 unspecified atom stereocenters. The van der Waals surface area contributed by atoms with Crippen molar-refractivity contribution in [3.05, 3.63) is 75.7 Å². The van der Waals surface area contributed by atoms with E-state index in [1.807, 2.05) is 54.0 Å². The van der Waals surface area contributed by atoms with E-state index in [1.165, 1.54) is 70.6 Å². The second-order valence-electron chi connectivity index (χ2n) is 10.1. The van der Waals surface area contributed by atoms with Gasteiger partial charge in [-0.25, -0.2) is 0 Å². The molecule has 0 fully saturated rings. The molecule has 0 radical (unpaired) electrons. The number of carbonyl (C=O) groups is 1. The van der Waals surface area contributed by atoms with Crippen molar-refractivity contribution in [2.75, 3.05) is 11.9 Å². The fraction of sp³-hybridized carbons (Fsp3) is 0.500. The lowest BCUT2D eigenvalue weighted by molar-refractivity contribution is -0.683. The third kappa shape index (κ3) is 13.3. The summed E-state index contributed by atoms with van der Waals surface area (Å²) >= 11 is 8.12. The summed E-state index contributed by atoms with van der Waals surface area (Å²) in [4.78, 5) is 12.8. The molecular weight excluding hydrogens is 592 g/mol. The van der Waals surface area contributed by atoms with Crippen LogP contribution in [-0.4, -0.2) is 12.5 Å². The molecule has 1 heterocycles. The zero-order valence-corrected chi connectivity index (χ0v) is 26.5.